The molecule has 3 N–H and O–H groups in total. The Morgan fingerprint density at radius 2 is 2.26 bits per heavy atom. The van der Waals surface area contributed by atoms with E-state index in [4.69, 9.17) is 9.84 Å². The smallest absolute Gasteiger partial charge is 0.350 e. The van der Waals surface area contributed by atoms with Crippen molar-refractivity contribution >= 4 is 5.69 Å². The normalized spacial score (nSPS) is 26.5. The number of ether oxygens (including phenoxy) is 1. The van der Waals surface area contributed by atoms with E-state index in [1.165, 1.54) is 0 Å². The molecule has 1 unspecified atom stereocenters. The number of hydrogen-bond donors (Lipinski definition) is 3. The molecule has 1 fully saturated rings. The summed E-state index contributed by atoms with van der Waals surface area (Å²) in [5.41, 5.74) is -2.79. The molecule has 0 aliphatic carbocycles. The third-order valence-electron chi connectivity index (χ3n) is 2.84. The zero-order valence-corrected chi connectivity index (χ0v) is 9.55. The molecule has 0 radical (unpaired) electrons. The molecule has 0 amide bonds. The summed E-state index contributed by atoms with van der Waals surface area (Å²) in [5, 5.41) is 29.1. The van der Waals surface area contributed by atoms with Gasteiger partial charge in [-0.3, -0.25) is 24.5 Å². The number of aliphatic hydroxyl groups excluding tert-OH is 2. The van der Waals surface area contributed by atoms with E-state index in [0.717, 1.165) is 10.8 Å². The molecule has 2 rings (SSSR count). The van der Waals surface area contributed by atoms with Gasteiger partial charge in [-0.05, 0) is 0 Å². The summed E-state index contributed by atoms with van der Waals surface area (Å²) in [6.07, 6.45) is -2.10. The lowest BCUT2D eigenvalue weighted by Crippen LogP contribution is -2.33. The third kappa shape index (κ3) is 2.41. The molecule has 1 aliphatic rings. The van der Waals surface area contributed by atoms with Gasteiger partial charge in [-0.1, -0.05) is 0 Å². The molecule has 2 heterocycles. The fraction of sp³-hybridized carbons (Fsp3) is 0.556. The predicted molar refractivity (Wildman–Crippen MR) is 59.6 cm³/mol. The highest BCUT2D eigenvalue weighted by atomic mass is 16.6. The molecule has 1 aliphatic heterocycles. The number of nitrogens with one attached hydrogen (secondary N) is 1. The summed E-state index contributed by atoms with van der Waals surface area (Å²) in [7, 11) is 0. The highest BCUT2D eigenvalue weighted by Gasteiger charge is 2.35. The van der Waals surface area contributed by atoms with E-state index >= 15 is 0 Å². The first-order chi connectivity index (χ1) is 8.93. The van der Waals surface area contributed by atoms with Crippen LogP contribution in [0, 0.1) is 10.1 Å². The van der Waals surface area contributed by atoms with Gasteiger partial charge in [-0.15, -0.1) is 0 Å². The minimum atomic E-state index is -1.11. The van der Waals surface area contributed by atoms with Gasteiger partial charge in [0.25, 0.3) is 0 Å². The molecule has 1 aromatic heterocycles. The quantitative estimate of drug-likeness (QED) is 0.429. The second-order valence-electron chi connectivity index (χ2n) is 4.05. The van der Waals surface area contributed by atoms with E-state index < -0.39 is 46.9 Å². The molecule has 19 heavy (non-hydrogen) atoms. The Balaban J connectivity index is 2.41. The molecular weight excluding hydrogens is 262 g/mol. The molecule has 104 valence electrons. The standard InChI is InChI=1S/C9H11N3O7/c13-3-6-5(14)1-7(19-6)11-2-4(12(17)18)8(15)10-9(11)16/h2,5-7,13-14H,1,3H2,(H,10,15,16)/t5-,6+,7?/m0/s1. The molecule has 1 saturated heterocycles. The van der Waals surface area contributed by atoms with Gasteiger partial charge < -0.3 is 14.9 Å². The summed E-state index contributed by atoms with van der Waals surface area (Å²) in [6.45, 7) is -0.447. The van der Waals surface area contributed by atoms with Crippen molar-refractivity contribution in [1.82, 2.24) is 9.55 Å². The van der Waals surface area contributed by atoms with Crippen molar-refractivity contribution in [2.24, 2.45) is 0 Å². The summed E-state index contributed by atoms with van der Waals surface area (Å²) in [6, 6.07) is 0. The Hall–Kier alpha value is -2.04. The van der Waals surface area contributed by atoms with Crippen LogP contribution in [-0.2, 0) is 4.74 Å². The third-order valence-corrected chi connectivity index (χ3v) is 2.84. The number of hydrogen-bond acceptors (Lipinski definition) is 7. The highest BCUT2D eigenvalue weighted by molar-refractivity contribution is 5.21. The van der Waals surface area contributed by atoms with Crippen LogP contribution in [0.25, 0.3) is 0 Å². The second kappa shape index (κ2) is 4.91. The van der Waals surface area contributed by atoms with Crippen molar-refractivity contribution < 1.29 is 19.9 Å². The number of H-pyrrole nitrogens is 1. The summed E-state index contributed by atoms with van der Waals surface area (Å²) >= 11 is 0. The Morgan fingerprint density at radius 3 is 2.79 bits per heavy atom. The maximum Gasteiger partial charge on any atom is 0.350 e. The fourth-order valence-electron chi connectivity index (χ4n) is 1.87. The van der Waals surface area contributed by atoms with Gasteiger partial charge in [0.05, 0.1) is 23.8 Å². The molecule has 10 heteroatoms. The van der Waals surface area contributed by atoms with E-state index in [0.29, 0.717) is 0 Å². The molecular formula is C9H11N3O7. The minimum Gasteiger partial charge on any atom is -0.394 e. The van der Waals surface area contributed by atoms with Crippen LogP contribution in [0.5, 0.6) is 0 Å². The molecule has 3 atom stereocenters. The van der Waals surface area contributed by atoms with Crippen molar-refractivity contribution in [2.45, 2.75) is 24.9 Å². The summed E-state index contributed by atoms with van der Waals surface area (Å²) in [4.78, 5) is 34.3. The van der Waals surface area contributed by atoms with Crippen molar-refractivity contribution in [1.29, 1.82) is 0 Å². The average molecular weight is 273 g/mol. The van der Waals surface area contributed by atoms with E-state index in [2.05, 4.69) is 0 Å². The van der Waals surface area contributed by atoms with Crippen molar-refractivity contribution in [3.05, 3.63) is 37.1 Å². The van der Waals surface area contributed by atoms with Crippen LogP contribution in [0.4, 0.5) is 5.69 Å². The van der Waals surface area contributed by atoms with E-state index in [1.54, 1.807) is 4.98 Å². The lowest BCUT2D eigenvalue weighted by molar-refractivity contribution is -0.387. The first-order valence-corrected chi connectivity index (χ1v) is 5.38. The van der Waals surface area contributed by atoms with Crippen molar-refractivity contribution in [3.8, 4) is 0 Å². The molecule has 0 bridgehead atoms. The van der Waals surface area contributed by atoms with Gasteiger partial charge in [-0.2, -0.15) is 0 Å². The SMILES string of the molecule is O=c1[nH]c(=O)n(C2C[C@H](O)[C@@H](CO)O2)cc1[N+](=O)[O-]. The Morgan fingerprint density at radius 1 is 1.58 bits per heavy atom. The first-order valence-electron chi connectivity index (χ1n) is 5.38. The van der Waals surface area contributed by atoms with Crippen LogP contribution >= 0.6 is 0 Å². The Kier molecular flexibility index (Phi) is 3.46. The monoisotopic (exact) mass is 273 g/mol. The highest BCUT2D eigenvalue weighted by Crippen LogP contribution is 2.27. The maximum atomic E-state index is 11.6. The number of rotatable bonds is 3. The Labute approximate surface area is 105 Å². The van der Waals surface area contributed by atoms with Gasteiger partial charge in [0.1, 0.15) is 12.3 Å². The largest absolute Gasteiger partial charge is 0.394 e. The molecule has 0 saturated carbocycles. The lowest BCUT2D eigenvalue weighted by atomic mass is 10.2. The summed E-state index contributed by atoms with van der Waals surface area (Å²) < 4.78 is 6.00. The number of nitrogens with zero attached hydrogens (tertiary/aromatic N) is 2. The van der Waals surface area contributed by atoms with E-state index in [-0.39, 0.29) is 6.42 Å². The zero-order chi connectivity index (χ0) is 14.2. The fourth-order valence-corrected chi connectivity index (χ4v) is 1.87. The number of aromatic amines is 1. The van der Waals surface area contributed by atoms with Crippen LogP contribution in [0.1, 0.15) is 12.6 Å². The lowest BCUT2D eigenvalue weighted by Gasteiger charge is -2.13. The number of aromatic nitrogens is 2. The maximum absolute atomic E-state index is 11.6. The second-order valence-corrected chi connectivity index (χ2v) is 4.05. The van der Waals surface area contributed by atoms with E-state index in [9.17, 15) is 24.8 Å². The average Bonchev–Trinajstić information content (AvgIpc) is 2.69. The molecule has 1 aromatic rings. The summed E-state index contributed by atoms with van der Waals surface area (Å²) in [5.74, 6) is 0. The van der Waals surface area contributed by atoms with Gasteiger partial charge >= 0.3 is 16.9 Å². The van der Waals surface area contributed by atoms with E-state index in [1.807, 2.05) is 0 Å². The Bertz CT molecular complexity index is 607. The van der Waals surface area contributed by atoms with Gasteiger partial charge in [0.15, 0.2) is 0 Å². The van der Waals surface area contributed by atoms with Crippen molar-refractivity contribution in [3.63, 3.8) is 0 Å². The number of nitro groups is 1. The topological polar surface area (TPSA) is 148 Å². The van der Waals surface area contributed by atoms with Crippen LogP contribution in [-0.4, -0.2) is 43.5 Å². The number of aliphatic hydroxyl groups is 2. The molecule has 0 aromatic carbocycles. The first kappa shape index (κ1) is 13.4. The van der Waals surface area contributed by atoms with Gasteiger partial charge in [-0.25, -0.2) is 4.79 Å². The predicted octanol–water partition coefficient (Wildman–Crippen LogP) is -1.91. The van der Waals surface area contributed by atoms with Gasteiger partial charge in [0, 0.05) is 6.42 Å². The molecule has 0 spiro atoms. The zero-order valence-electron chi connectivity index (χ0n) is 9.55. The van der Waals surface area contributed by atoms with Crippen LogP contribution in [0.3, 0.4) is 0 Å². The molecule has 10 nitrogen and oxygen atoms in total. The minimum absolute atomic E-state index is 0.0195. The van der Waals surface area contributed by atoms with Crippen molar-refractivity contribution in [2.75, 3.05) is 6.61 Å². The van der Waals surface area contributed by atoms with Crippen LogP contribution < -0.4 is 11.2 Å². The van der Waals surface area contributed by atoms with Gasteiger partial charge in [0.2, 0.25) is 0 Å². The van der Waals surface area contributed by atoms with Crippen LogP contribution in [0.2, 0.25) is 0 Å². The van der Waals surface area contributed by atoms with Crippen LogP contribution in [0.15, 0.2) is 15.8 Å².